The van der Waals surface area contributed by atoms with Crippen molar-refractivity contribution in [2.45, 2.75) is 91.9 Å². The molecule has 0 bridgehead atoms. The Morgan fingerprint density at radius 1 is 0.571 bits per heavy atom. The highest BCUT2D eigenvalue weighted by Gasteiger charge is 2.22. The molecule has 0 fully saturated rings. The monoisotopic (exact) mass is 630 g/mol. The molecule has 0 N–H and O–H groups in total. The van der Waals surface area contributed by atoms with Gasteiger partial charge in [-0.15, -0.1) is 34.0 Å². The summed E-state index contributed by atoms with van der Waals surface area (Å²) in [5.74, 6) is 0. The lowest BCUT2D eigenvalue weighted by Gasteiger charge is -2.03. The number of benzene rings is 1. The average molecular weight is 631 g/mol. The van der Waals surface area contributed by atoms with Gasteiger partial charge in [0.1, 0.15) is 22.1 Å². The second kappa shape index (κ2) is 13.4. The van der Waals surface area contributed by atoms with Crippen LogP contribution in [-0.2, 0) is 12.8 Å². The number of rotatable bonds is 13. The normalized spacial score (nSPS) is 11.8. The van der Waals surface area contributed by atoms with E-state index in [0.717, 1.165) is 28.5 Å². The van der Waals surface area contributed by atoms with Crippen molar-refractivity contribution in [1.82, 2.24) is 18.7 Å². The minimum atomic E-state index is 1.02. The van der Waals surface area contributed by atoms with Crippen LogP contribution in [0.4, 0.5) is 0 Å². The van der Waals surface area contributed by atoms with Gasteiger partial charge in [0.25, 0.3) is 0 Å². The van der Waals surface area contributed by atoms with Crippen LogP contribution in [-0.4, -0.2) is 18.7 Å². The number of fused-ring (bicyclic) bond motifs is 2. The summed E-state index contributed by atoms with van der Waals surface area (Å²) in [5.41, 5.74) is 9.40. The lowest BCUT2D eigenvalue weighted by atomic mass is 10.0. The Hall–Kier alpha value is -2.52. The first-order valence-electron chi connectivity index (χ1n) is 15.3. The molecular weight excluding hydrogens is 593 g/mol. The van der Waals surface area contributed by atoms with Crippen LogP contribution in [0.25, 0.3) is 52.7 Å². The smallest absolute Gasteiger partial charge is 0.114 e. The molecule has 5 heterocycles. The molecule has 0 radical (unpaired) electrons. The Bertz CT molecular complexity index is 1810. The molecule has 5 aromatic heterocycles. The van der Waals surface area contributed by atoms with Crippen molar-refractivity contribution in [3.05, 3.63) is 57.5 Å². The van der Waals surface area contributed by atoms with Gasteiger partial charge in [-0.3, -0.25) is 9.97 Å². The standard InChI is InChI=1S/C34H38N4S4/c1-5-7-9-11-13-23-19-27(39-21(23)3)25-15-16-26(31-30(25)37-42-38-31)28-20-24(14-12-10-8-6-2)33(41-28)34-32-29(22(4)40-34)35-17-18-36-32/h15-20H,5-14H2,1-4H3. The molecule has 0 saturated carbocycles. The van der Waals surface area contributed by atoms with Gasteiger partial charge in [0.15, 0.2) is 0 Å². The lowest BCUT2D eigenvalue weighted by Crippen LogP contribution is -1.87. The molecule has 0 unspecified atom stereocenters. The molecule has 1 aromatic carbocycles. The molecule has 0 aliphatic rings. The highest BCUT2D eigenvalue weighted by Crippen LogP contribution is 2.47. The molecule has 0 amide bonds. The highest BCUT2D eigenvalue weighted by atomic mass is 32.1. The fourth-order valence-electron chi connectivity index (χ4n) is 5.75. The predicted octanol–water partition coefficient (Wildman–Crippen LogP) is 11.7. The Labute approximate surface area is 265 Å². The Kier molecular flexibility index (Phi) is 9.44. The van der Waals surface area contributed by atoms with Crippen LogP contribution in [0, 0.1) is 13.8 Å². The van der Waals surface area contributed by atoms with Crippen LogP contribution in [0.2, 0.25) is 0 Å². The number of nitrogens with zero attached hydrogens (tertiary/aromatic N) is 4. The van der Waals surface area contributed by atoms with Gasteiger partial charge >= 0.3 is 0 Å². The second-order valence-electron chi connectivity index (χ2n) is 11.1. The van der Waals surface area contributed by atoms with Gasteiger partial charge in [-0.2, -0.15) is 8.75 Å². The van der Waals surface area contributed by atoms with Crippen molar-refractivity contribution in [3.63, 3.8) is 0 Å². The van der Waals surface area contributed by atoms with Crippen molar-refractivity contribution in [2.75, 3.05) is 0 Å². The van der Waals surface area contributed by atoms with Crippen LogP contribution in [0.15, 0.2) is 36.7 Å². The summed E-state index contributed by atoms with van der Waals surface area (Å²) in [6, 6.07) is 9.38. The maximum Gasteiger partial charge on any atom is 0.114 e. The van der Waals surface area contributed by atoms with E-state index < -0.39 is 0 Å². The van der Waals surface area contributed by atoms with Crippen LogP contribution in [0.5, 0.6) is 0 Å². The Morgan fingerprint density at radius 3 is 1.83 bits per heavy atom. The third kappa shape index (κ3) is 5.96. The van der Waals surface area contributed by atoms with Gasteiger partial charge in [-0.25, -0.2) is 0 Å². The molecule has 42 heavy (non-hydrogen) atoms. The van der Waals surface area contributed by atoms with Gasteiger partial charge in [0.2, 0.25) is 0 Å². The molecule has 6 rings (SSSR count). The van der Waals surface area contributed by atoms with E-state index in [-0.39, 0.29) is 0 Å². The minimum Gasteiger partial charge on any atom is -0.252 e. The molecular formula is C34H38N4S4. The SMILES string of the molecule is CCCCCCc1cc(-c2ccc(-c3cc(CCCCCC)c(-c4sc(C)c5nccnc45)s3)c3nsnc23)sc1C. The molecule has 4 nitrogen and oxygen atoms in total. The number of hydrogen-bond acceptors (Lipinski definition) is 8. The quantitative estimate of drug-likeness (QED) is 0.119. The van der Waals surface area contributed by atoms with Gasteiger partial charge in [0, 0.05) is 43.0 Å². The molecule has 6 aromatic rings. The molecule has 8 heteroatoms. The molecule has 0 atom stereocenters. The van der Waals surface area contributed by atoms with Crippen LogP contribution < -0.4 is 0 Å². The van der Waals surface area contributed by atoms with E-state index >= 15 is 0 Å². The van der Waals surface area contributed by atoms with Gasteiger partial charge in [-0.1, -0.05) is 64.5 Å². The van der Waals surface area contributed by atoms with E-state index in [4.69, 9.17) is 13.7 Å². The molecule has 0 aliphatic carbocycles. The number of thiophene rings is 3. The van der Waals surface area contributed by atoms with Crippen molar-refractivity contribution in [3.8, 4) is 30.6 Å². The lowest BCUT2D eigenvalue weighted by molar-refractivity contribution is 0.666. The summed E-state index contributed by atoms with van der Waals surface area (Å²) in [7, 11) is 0. The van der Waals surface area contributed by atoms with E-state index in [9.17, 15) is 0 Å². The number of aromatic nitrogens is 4. The summed E-state index contributed by atoms with van der Waals surface area (Å²) in [5, 5.41) is 0. The molecule has 218 valence electrons. The summed E-state index contributed by atoms with van der Waals surface area (Å²) in [6.45, 7) is 8.97. The average Bonchev–Trinajstić information content (AvgIpc) is 3.79. The van der Waals surface area contributed by atoms with E-state index in [1.54, 1.807) is 6.20 Å². The van der Waals surface area contributed by atoms with Crippen LogP contribution in [0.3, 0.4) is 0 Å². The molecule has 0 saturated heterocycles. The highest BCUT2D eigenvalue weighted by molar-refractivity contribution is 7.25. The van der Waals surface area contributed by atoms with E-state index in [0.29, 0.717) is 0 Å². The summed E-state index contributed by atoms with van der Waals surface area (Å²) >= 11 is 6.93. The van der Waals surface area contributed by atoms with Crippen molar-refractivity contribution in [1.29, 1.82) is 0 Å². The largest absolute Gasteiger partial charge is 0.252 e. The van der Waals surface area contributed by atoms with E-state index in [2.05, 4.69) is 56.9 Å². The topological polar surface area (TPSA) is 51.6 Å². The first-order chi connectivity index (χ1) is 20.6. The van der Waals surface area contributed by atoms with Gasteiger partial charge in [-0.05, 0) is 62.8 Å². The summed E-state index contributed by atoms with van der Waals surface area (Å²) < 4.78 is 9.69. The van der Waals surface area contributed by atoms with E-state index in [1.807, 2.05) is 40.2 Å². The zero-order chi connectivity index (χ0) is 29.1. The first-order valence-corrected chi connectivity index (χ1v) is 18.5. The second-order valence-corrected chi connectivity index (χ2v) is 15.2. The molecule has 0 spiro atoms. The van der Waals surface area contributed by atoms with Crippen molar-refractivity contribution >= 4 is 67.8 Å². The first kappa shape index (κ1) is 29.5. The summed E-state index contributed by atoms with van der Waals surface area (Å²) in [6.07, 6.45) is 16.0. The number of hydrogen-bond donors (Lipinski definition) is 0. The van der Waals surface area contributed by atoms with E-state index in [1.165, 1.54) is 121 Å². The zero-order valence-corrected chi connectivity index (χ0v) is 28.2. The third-order valence-corrected chi connectivity index (χ3v) is 12.2. The maximum absolute atomic E-state index is 4.85. The van der Waals surface area contributed by atoms with Crippen LogP contribution in [0.1, 0.15) is 86.1 Å². The fraction of sp³-hybridized carbons (Fsp3) is 0.412. The summed E-state index contributed by atoms with van der Waals surface area (Å²) in [4.78, 5) is 17.2. The number of aryl methyl sites for hydroxylation is 4. The predicted molar refractivity (Wildman–Crippen MR) is 186 cm³/mol. The van der Waals surface area contributed by atoms with Gasteiger partial charge < -0.3 is 0 Å². The van der Waals surface area contributed by atoms with Crippen molar-refractivity contribution < 1.29 is 0 Å². The van der Waals surface area contributed by atoms with Crippen LogP contribution >= 0.6 is 45.7 Å². The third-order valence-electron chi connectivity index (χ3n) is 8.08. The zero-order valence-electron chi connectivity index (χ0n) is 25.0. The minimum absolute atomic E-state index is 1.02. The Morgan fingerprint density at radius 2 is 1.17 bits per heavy atom. The van der Waals surface area contributed by atoms with Gasteiger partial charge in [0.05, 0.1) is 21.5 Å². The number of unbranched alkanes of at least 4 members (excludes halogenated alkanes) is 6. The maximum atomic E-state index is 4.85. The van der Waals surface area contributed by atoms with Crippen molar-refractivity contribution in [2.24, 2.45) is 0 Å². The molecule has 0 aliphatic heterocycles. The Balaban J connectivity index is 1.38. The fourth-order valence-corrected chi connectivity index (χ4v) is 9.88.